The molecule has 25 heavy (non-hydrogen) atoms. The average molecular weight is 341 g/mol. The van der Waals surface area contributed by atoms with Crippen LogP contribution in [-0.4, -0.2) is 30.7 Å². The number of hydrogen-bond acceptors (Lipinski definition) is 4. The molecule has 6 nitrogen and oxygen atoms in total. The summed E-state index contributed by atoms with van der Waals surface area (Å²) < 4.78 is 5.38. The Morgan fingerprint density at radius 3 is 2.84 bits per heavy atom. The van der Waals surface area contributed by atoms with E-state index < -0.39 is 0 Å². The number of para-hydroxylation sites is 2. The van der Waals surface area contributed by atoms with E-state index in [2.05, 4.69) is 31.3 Å². The molecular weight excluding hydrogens is 318 g/mol. The normalized spacial score (nSPS) is 20.6. The van der Waals surface area contributed by atoms with Crippen LogP contribution in [-0.2, 0) is 9.59 Å². The van der Waals surface area contributed by atoms with Gasteiger partial charge < -0.3 is 4.74 Å². The van der Waals surface area contributed by atoms with Gasteiger partial charge in [0.25, 0.3) is 11.8 Å². The number of nitrogens with one attached hydrogen (secondary N) is 1. The lowest BCUT2D eigenvalue weighted by atomic mass is 9.77. The highest BCUT2D eigenvalue weighted by Gasteiger charge is 2.27. The van der Waals surface area contributed by atoms with Crippen molar-refractivity contribution in [1.29, 1.82) is 0 Å². The van der Waals surface area contributed by atoms with Gasteiger partial charge in [0.1, 0.15) is 12.3 Å². The van der Waals surface area contributed by atoms with E-state index in [1.54, 1.807) is 12.1 Å². The smallest absolute Gasteiger partial charge is 0.265 e. The highest BCUT2D eigenvalue weighted by Crippen LogP contribution is 2.33. The number of carbonyl (C=O) groups is 2. The molecule has 1 aliphatic heterocycles. The molecule has 1 heterocycles. The van der Waals surface area contributed by atoms with E-state index in [0.717, 1.165) is 18.6 Å². The predicted molar refractivity (Wildman–Crippen MR) is 96.6 cm³/mol. The Morgan fingerprint density at radius 2 is 2.08 bits per heavy atom. The maximum atomic E-state index is 12.3. The number of anilines is 1. The SMILES string of the molecule is CC1=C/C(=N/NC(=O)CN2C(=O)COc3ccccc32)CC(C)(C)C1. The van der Waals surface area contributed by atoms with Crippen molar-refractivity contribution in [1.82, 2.24) is 5.43 Å². The fourth-order valence-electron chi connectivity index (χ4n) is 3.41. The van der Waals surface area contributed by atoms with E-state index in [0.29, 0.717) is 11.4 Å². The third-order valence-electron chi connectivity index (χ3n) is 4.26. The number of carbonyl (C=O) groups excluding carboxylic acids is 2. The molecule has 0 spiro atoms. The lowest BCUT2D eigenvalue weighted by molar-refractivity contribution is -0.125. The highest BCUT2D eigenvalue weighted by molar-refractivity contribution is 6.02. The van der Waals surface area contributed by atoms with Gasteiger partial charge in [0.15, 0.2) is 6.61 Å². The Kier molecular flexibility index (Phi) is 4.61. The van der Waals surface area contributed by atoms with Gasteiger partial charge >= 0.3 is 0 Å². The van der Waals surface area contributed by atoms with E-state index >= 15 is 0 Å². The number of hydrazone groups is 1. The summed E-state index contributed by atoms with van der Waals surface area (Å²) in [5, 5.41) is 4.25. The summed E-state index contributed by atoms with van der Waals surface area (Å²) in [6.45, 7) is 6.30. The molecule has 2 amide bonds. The van der Waals surface area contributed by atoms with Crippen molar-refractivity contribution in [2.24, 2.45) is 10.5 Å². The standard InChI is InChI=1S/C19H23N3O3/c1-13-8-14(10-19(2,3)9-13)20-21-17(23)11-22-15-6-4-5-7-16(15)25-12-18(22)24/h4-8H,9-12H2,1-3H3,(H,21,23)/b20-14-. The largest absolute Gasteiger partial charge is 0.482 e. The lowest BCUT2D eigenvalue weighted by Gasteiger charge is -2.29. The number of hydrogen-bond donors (Lipinski definition) is 1. The molecule has 1 aromatic carbocycles. The van der Waals surface area contributed by atoms with Gasteiger partial charge in [-0.25, -0.2) is 5.43 Å². The molecule has 1 N–H and O–H groups in total. The third kappa shape index (κ3) is 4.07. The summed E-state index contributed by atoms with van der Waals surface area (Å²) in [5.41, 5.74) is 5.44. The summed E-state index contributed by atoms with van der Waals surface area (Å²) in [6.07, 6.45) is 3.85. The monoisotopic (exact) mass is 341 g/mol. The van der Waals surface area contributed by atoms with Crippen molar-refractivity contribution < 1.29 is 14.3 Å². The Morgan fingerprint density at radius 1 is 1.32 bits per heavy atom. The van der Waals surface area contributed by atoms with Crippen molar-refractivity contribution in [3.8, 4) is 5.75 Å². The summed E-state index contributed by atoms with van der Waals surface area (Å²) in [7, 11) is 0. The van der Waals surface area contributed by atoms with Crippen LogP contribution in [0.3, 0.4) is 0 Å². The van der Waals surface area contributed by atoms with Crippen molar-refractivity contribution in [2.75, 3.05) is 18.1 Å². The van der Waals surface area contributed by atoms with Crippen LogP contribution < -0.4 is 15.1 Å². The summed E-state index contributed by atoms with van der Waals surface area (Å²) in [6, 6.07) is 7.19. The number of nitrogens with zero attached hydrogens (tertiary/aromatic N) is 2. The Labute approximate surface area is 147 Å². The zero-order chi connectivity index (χ0) is 18.0. The van der Waals surface area contributed by atoms with Crippen molar-refractivity contribution in [2.45, 2.75) is 33.6 Å². The van der Waals surface area contributed by atoms with Gasteiger partial charge in [-0.15, -0.1) is 0 Å². The van der Waals surface area contributed by atoms with Gasteiger partial charge in [-0.05, 0) is 43.4 Å². The van der Waals surface area contributed by atoms with Gasteiger partial charge in [-0.2, -0.15) is 5.10 Å². The molecule has 2 aliphatic rings. The maximum Gasteiger partial charge on any atom is 0.265 e. The molecule has 3 rings (SSSR count). The number of allylic oxidation sites excluding steroid dienone is 2. The molecule has 6 heteroatoms. The zero-order valence-electron chi connectivity index (χ0n) is 14.8. The fraction of sp³-hybridized carbons (Fsp3) is 0.421. The first kappa shape index (κ1) is 17.2. The predicted octanol–water partition coefficient (Wildman–Crippen LogP) is 2.65. The Bertz CT molecular complexity index is 765. The van der Waals surface area contributed by atoms with E-state index in [1.165, 1.54) is 10.5 Å². The number of fused-ring (bicyclic) bond motifs is 1. The summed E-state index contributed by atoms with van der Waals surface area (Å²) in [5.74, 6) is 0.0387. The van der Waals surface area contributed by atoms with Crippen LogP contribution >= 0.6 is 0 Å². The first-order valence-corrected chi connectivity index (χ1v) is 8.39. The molecule has 0 saturated carbocycles. The van der Waals surface area contributed by atoms with Crippen molar-refractivity contribution in [3.05, 3.63) is 35.9 Å². The quantitative estimate of drug-likeness (QED) is 0.859. The van der Waals surface area contributed by atoms with Gasteiger partial charge in [0.2, 0.25) is 0 Å². The summed E-state index contributed by atoms with van der Waals surface area (Å²) >= 11 is 0. The minimum atomic E-state index is -0.327. The van der Waals surface area contributed by atoms with Crippen molar-refractivity contribution in [3.63, 3.8) is 0 Å². The molecule has 1 aliphatic carbocycles. The second kappa shape index (κ2) is 6.70. The Hall–Kier alpha value is -2.63. The molecule has 0 radical (unpaired) electrons. The molecule has 0 aromatic heterocycles. The van der Waals surface area contributed by atoms with Gasteiger partial charge in [0.05, 0.1) is 11.4 Å². The van der Waals surface area contributed by atoms with Crippen LogP contribution in [0.2, 0.25) is 0 Å². The molecule has 0 saturated heterocycles. The molecule has 0 bridgehead atoms. The van der Waals surface area contributed by atoms with E-state index in [1.807, 2.05) is 18.2 Å². The molecular formula is C19H23N3O3. The second-order valence-corrected chi connectivity index (χ2v) is 7.38. The lowest BCUT2D eigenvalue weighted by Crippen LogP contribution is -2.44. The van der Waals surface area contributed by atoms with E-state index in [-0.39, 0.29) is 30.4 Å². The van der Waals surface area contributed by atoms with Crippen LogP contribution in [0.5, 0.6) is 5.75 Å². The van der Waals surface area contributed by atoms with Crippen LogP contribution in [0.15, 0.2) is 41.0 Å². The first-order valence-electron chi connectivity index (χ1n) is 8.39. The van der Waals surface area contributed by atoms with Crippen LogP contribution in [0.25, 0.3) is 0 Å². The summed E-state index contributed by atoms with van der Waals surface area (Å²) in [4.78, 5) is 25.8. The maximum absolute atomic E-state index is 12.3. The van der Waals surface area contributed by atoms with Gasteiger partial charge in [-0.1, -0.05) is 31.6 Å². The second-order valence-electron chi connectivity index (χ2n) is 7.38. The van der Waals surface area contributed by atoms with E-state index in [9.17, 15) is 9.59 Å². The first-order chi connectivity index (χ1) is 11.8. The molecule has 0 atom stereocenters. The molecule has 1 aromatic rings. The number of ether oxygens (including phenoxy) is 1. The number of benzene rings is 1. The Balaban J connectivity index is 1.68. The third-order valence-corrected chi connectivity index (χ3v) is 4.26. The van der Waals surface area contributed by atoms with Crippen LogP contribution in [0, 0.1) is 5.41 Å². The van der Waals surface area contributed by atoms with Crippen molar-refractivity contribution >= 4 is 23.2 Å². The zero-order valence-corrected chi connectivity index (χ0v) is 14.8. The molecule has 0 unspecified atom stereocenters. The minimum Gasteiger partial charge on any atom is -0.482 e. The van der Waals surface area contributed by atoms with Gasteiger partial charge in [0, 0.05) is 0 Å². The van der Waals surface area contributed by atoms with Gasteiger partial charge in [-0.3, -0.25) is 14.5 Å². The number of rotatable bonds is 3. The average Bonchev–Trinajstić information content (AvgIpc) is 2.54. The van der Waals surface area contributed by atoms with Crippen LogP contribution in [0.1, 0.15) is 33.6 Å². The molecule has 132 valence electrons. The minimum absolute atomic E-state index is 0.0606. The van der Waals surface area contributed by atoms with E-state index in [4.69, 9.17) is 4.74 Å². The highest BCUT2D eigenvalue weighted by atomic mass is 16.5. The number of amides is 2. The fourth-order valence-corrected chi connectivity index (χ4v) is 3.41. The molecule has 0 fully saturated rings. The topological polar surface area (TPSA) is 71.0 Å². The van der Waals surface area contributed by atoms with Crippen LogP contribution in [0.4, 0.5) is 5.69 Å².